The minimum atomic E-state index is -0.635. The predicted octanol–water partition coefficient (Wildman–Crippen LogP) is 6.76. The molecule has 0 saturated heterocycles. The summed E-state index contributed by atoms with van der Waals surface area (Å²) in [5.41, 5.74) is 5.16. The molecular weight excluding hydrogens is 366 g/mol. The molecule has 0 spiro atoms. The number of hydrogen-bond acceptors (Lipinski definition) is 2. The predicted molar refractivity (Wildman–Crippen MR) is 119 cm³/mol. The molecule has 0 aliphatic heterocycles. The number of para-hydroxylation sites is 1. The van der Waals surface area contributed by atoms with Gasteiger partial charge in [0.25, 0.3) is 0 Å². The maximum absolute atomic E-state index is 11.1. The van der Waals surface area contributed by atoms with Crippen molar-refractivity contribution in [2.45, 2.75) is 64.9 Å². The fourth-order valence-corrected chi connectivity index (χ4v) is 3.54. The molecule has 1 aromatic heterocycles. The van der Waals surface area contributed by atoms with E-state index in [0.29, 0.717) is 11.6 Å². The molecule has 0 radical (unpaired) electrons. The molecule has 3 aromatic rings. The number of pyridine rings is 1. The van der Waals surface area contributed by atoms with Crippen LogP contribution >= 0.6 is 11.6 Å². The Bertz CT molecular complexity index is 963. The van der Waals surface area contributed by atoms with Crippen LogP contribution in [0.15, 0.2) is 48.5 Å². The normalized spacial score (nSPS) is 13.7. The maximum Gasteiger partial charge on any atom is 0.133 e. The fourth-order valence-electron chi connectivity index (χ4n) is 3.32. The van der Waals surface area contributed by atoms with Crippen molar-refractivity contribution in [2.24, 2.45) is 0 Å². The largest absolute Gasteiger partial charge is 0.388 e. The number of nitrogens with zero attached hydrogens (tertiary/aromatic N) is 1. The van der Waals surface area contributed by atoms with Crippen LogP contribution in [0.1, 0.15) is 69.9 Å². The Morgan fingerprint density at radius 3 is 2.04 bits per heavy atom. The van der Waals surface area contributed by atoms with E-state index in [4.69, 9.17) is 11.6 Å². The first kappa shape index (κ1) is 20.8. The standard InChI is InChI=1S/C25H30ClNO/c1-24(2,3)19-12-17(13-20(15-19)25(4,5)6)22(28)14-18-11-16-9-7-8-10-21(16)27-23(18)26/h7-13,15,22,28H,14H2,1-6H3. The number of aromatic nitrogens is 1. The third-order valence-corrected chi connectivity index (χ3v) is 5.56. The Kier molecular flexibility index (Phi) is 5.58. The molecule has 0 aliphatic rings. The van der Waals surface area contributed by atoms with Crippen LogP contribution in [0.4, 0.5) is 0 Å². The first-order valence-electron chi connectivity index (χ1n) is 9.83. The number of benzene rings is 2. The Balaban J connectivity index is 2.00. The molecule has 1 heterocycles. The van der Waals surface area contributed by atoms with Crippen molar-refractivity contribution in [3.8, 4) is 0 Å². The zero-order valence-electron chi connectivity index (χ0n) is 17.7. The summed E-state index contributed by atoms with van der Waals surface area (Å²) in [4.78, 5) is 4.49. The average molecular weight is 396 g/mol. The van der Waals surface area contributed by atoms with Gasteiger partial charge >= 0.3 is 0 Å². The van der Waals surface area contributed by atoms with Gasteiger partial charge in [0.2, 0.25) is 0 Å². The van der Waals surface area contributed by atoms with Gasteiger partial charge in [0, 0.05) is 11.8 Å². The number of fused-ring (bicyclic) bond motifs is 1. The van der Waals surface area contributed by atoms with Crippen molar-refractivity contribution in [2.75, 3.05) is 0 Å². The highest BCUT2D eigenvalue weighted by atomic mass is 35.5. The molecule has 1 N–H and O–H groups in total. The third kappa shape index (κ3) is 4.56. The van der Waals surface area contributed by atoms with Gasteiger partial charge in [-0.2, -0.15) is 0 Å². The Hall–Kier alpha value is -1.90. The highest BCUT2D eigenvalue weighted by Crippen LogP contribution is 2.33. The van der Waals surface area contributed by atoms with Crippen LogP contribution in [0.2, 0.25) is 5.15 Å². The van der Waals surface area contributed by atoms with Gasteiger partial charge in [-0.15, -0.1) is 0 Å². The summed E-state index contributed by atoms with van der Waals surface area (Å²) in [6.07, 6.45) is -0.197. The van der Waals surface area contributed by atoms with Crippen LogP contribution in [-0.4, -0.2) is 10.1 Å². The van der Waals surface area contributed by atoms with Crippen LogP contribution < -0.4 is 0 Å². The van der Waals surface area contributed by atoms with Crippen LogP contribution in [-0.2, 0) is 17.3 Å². The molecule has 0 fully saturated rings. The quantitative estimate of drug-likeness (QED) is 0.497. The molecule has 1 unspecified atom stereocenters. The van der Waals surface area contributed by atoms with E-state index in [1.807, 2.05) is 30.3 Å². The van der Waals surface area contributed by atoms with E-state index < -0.39 is 6.10 Å². The third-order valence-electron chi connectivity index (χ3n) is 5.24. The van der Waals surface area contributed by atoms with Crippen LogP contribution in [0.5, 0.6) is 0 Å². The number of halogens is 1. The zero-order chi connectivity index (χ0) is 20.7. The van der Waals surface area contributed by atoms with Crippen molar-refractivity contribution >= 4 is 22.5 Å². The lowest BCUT2D eigenvalue weighted by Gasteiger charge is -2.27. The van der Waals surface area contributed by atoms with Crippen molar-refractivity contribution < 1.29 is 5.11 Å². The van der Waals surface area contributed by atoms with Gasteiger partial charge in [-0.3, -0.25) is 0 Å². The van der Waals surface area contributed by atoms with Crippen molar-refractivity contribution in [1.29, 1.82) is 0 Å². The Morgan fingerprint density at radius 1 is 0.893 bits per heavy atom. The molecule has 2 aromatic carbocycles. The molecular formula is C25H30ClNO. The summed E-state index contributed by atoms with van der Waals surface area (Å²) in [6, 6.07) is 16.5. The van der Waals surface area contributed by atoms with E-state index in [-0.39, 0.29) is 10.8 Å². The molecule has 1 atom stereocenters. The fraction of sp³-hybridized carbons (Fsp3) is 0.400. The molecule has 148 valence electrons. The lowest BCUT2D eigenvalue weighted by molar-refractivity contribution is 0.178. The molecule has 2 nitrogen and oxygen atoms in total. The first-order valence-corrected chi connectivity index (χ1v) is 10.2. The minimum Gasteiger partial charge on any atom is -0.388 e. The van der Waals surface area contributed by atoms with Crippen LogP contribution in [0.3, 0.4) is 0 Å². The van der Waals surface area contributed by atoms with E-state index in [9.17, 15) is 5.11 Å². The second-order valence-corrected chi connectivity index (χ2v) is 10.1. The van der Waals surface area contributed by atoms with E-state index >= 15 is 0 Å². The Morgan fingerprint density at radius 2 is 1.46 bits per heavy atom. The molecule has 0 saturated carbocycles. The van der Waals surface area contributed by atoms with Gasteiger partial charge in [-0.25, -0.2) is 4.98 Å². The van der Waals surface area contributed by atoms with Gasteiger partial charge in [0.15, 0.2) is 0 Å². The first-order chi connectivity index (χ1) is 12.9. The minimum absolute atomic E-state index is 0.0118. The van der Waals surface area contributed by atoms with Gasteiger partial charge in [-0.05, 0) is 45.2 Å². The summed E-state index contributed by atoms with van der Waals surface area (Å²) in [5.74, 6) is 0. The van der Waals surface area contributed by atoms with E-state index in [1.165, 1.54) is 11.1 Å². The molecule has 0 bridgehead atoms. The lowest BCUT2D eigenvalue weighted by atomic mass is 9.79. The number of rotatable bonds is 3. The summed E-state index contributed by atoms with van der Waals surface area (Å²) in [7, 11) is 0. The van der Waals surface area contributed by atoms with Gasteiger partial charge in [0.05, 0.1) is 11.6 Å². The summed E-state index contributed by atoms with van der Waals surface area (Å²) >= 11 is 6.42. The van der Waals surface area contributed by atoms with E-state index in [1.54, 1.807) is 0 Å². The number of hydrogen-bond donors (Lipinski definition) is 1. The highest BCUT2D eigenvalue weighted by molar-refractivity contribution is 6.30. The SMILES string of the molecule is CC(C)(C)c1cc(C(O)Cc2cc3ccccc3nc2Cl)cc(C(C)(C)C)c1. The molecule has 28 heavy (non-hydrogen) atoms. The molecule has 0 amide bonds. The van der Waals surface area contributed by atoms with Crippen LogP contribution in [0, 0.1) is 0 Å². The van der Waals surface area contributed by atoms with Crippen molar-refractivity contribution in [1.82, 2.24) is 4.98 Å². The summed E-state index contributed by atoms with van der Waals surface area (Å²) < 4.78 is 0. The maximum atomic E-state index is 11.1. The second kappa shape index (κ2) is 7.50. The van der Waals surface area contributed by atoms with Gasteiger partial charge < -0.3 is 5.11 Å². The topological polar surface area (TPSA) is 33.1 Å². The molecule has 3 rings (SSSR count). The number of aliphatic hydroxyl groups excluding tert-OH is 1. The van der Waals surface area contributed by atoms with Crippen molar-refractivity contribution in [3.63, 3.8) is 0 Å². The average Bonchev–Trinajstić information content (AvgIpc) is 2.60. The smallest absolute Gasteiger partial charge is 0.133 e. The highest BCUT2D eigenvalue weighted by Gasteiger charge is 2.23. The molecule has 0 aliphatic carbocycles. The molecule has 3 heteroatoms. The van der Waals surface area contributed by atoms with E-state index in [0.717, 1.165) is 22.0 Å². The summed E-state index contributed by atoms with van der Waals surface area (Å²) in [5, 5.41) is 12.6. The summed E-state index contributed by atoms with van der Waals surface area (Å²) in [6.45, 7) is 13.2. The number of aliphatic hydroxyl groups is 1. The van der Waals surface area contributed by atoms with Gasteiger partial charge in [0.1, 0.15) is 5.15 Å². The van der Waals surface area contributed by atoms with Gasteiger partial charge in [-0.1, -0.05) is 89.5 Å². The zero-order valence-corrected chi connectivity index (χ0v) is 18.4. The second-order valence-electron chi connectivity index (χ2n) is 9.69. The van der Waals surface area contributed by atoms with E-state index in [2.05, 4.69) is 64.7 Å². The lowest BCUT2D eigenvalue weighted by Crippen LogP contribution is -2.18. The monoisotopic (exact) mass is 395 g/mol. The Labute approximate surface area is 173 Å². The van der Waals surface area contributed by atoms with Crippen LogP contribution in [0.25, 0.3) is 10.9 Å². The van der Waals surface area contributed by atoms with Crippen molar-refractivity contribution in [3.05, 3.63) is 75.9 Å².